The minimum Gasteiger partial charge on any atom is -0.394 e. The van der Waals surface area contributed by atoms with E-state index in [9.17, 15) is 9.90 Å². The number of aliphatic hydroxyl groups is 2. The summed E-state index contributed by atoms with van der Waals surface area (Å²) < 4.78 is 0. The van der Waals surface area contributed by atoms with E-state index in [4.69, 9.17) is 5.11 Å². The molecule has 11 heteroatoms. The third kappa shape index (κ3) is 10.5. The Morgan fingerprint density at radius 2 is 2.16 bits per heavy atom. The second-order valence-electron chi connectivity index (χ2n) is 8.90. The highest BCUT2D eigenvalue weighted by atomic mass is 32.2. The van der Waals surface area contributed by atoms with E-state index in [1.54, 1.807) is 23.1 Å². The molecule has 204 valence electrons. The van der Waals surface area contributed by atoms with Crippen LogP contribution in [-0.4, -0.2) is 93.9 Å². The van der Waals surface area contributed by atoms with Crippen molar-refractivity contribution < 1.29 is 15.0 Å². The number of amides is 1. The SMILES string of the molecule is C=N/C(=C\SCNc1ccc(C)cn1)c1sc(C)nc1C.CCC[C@H]1CN(CC(O)CO)CCN1C=O. The van der Waals surface area contributed by atoms with Crippen LogP contribution in [0.15, 0.2) is 28.7 Å². The number of β-amino-alcohol motifs (C(OH)–C–C–N with tert-alkyl or cyclic N) is 1. The number of thioether (sulfide) groups is 1. The van der Waals surface area contributed by atoms with Crippen LogP contribution in [0.3, 0.4) is 0 Å². The third-order valence-corrected chi connectivity index (χ3v) is 7.60. The van der Waals surface area contributed by atoms with Gasteiger partial charge in [0.05, 0.1) is 39.9 Å². The first kappa shape index (κ1) is 30.9. The van der Waals surface area contributed by atoms with Gasteiger partial charge in [0.25, 0.3) is 0 Å². The second-order valence-corrected chi connectivity index (χ2v) is 11.0. The summed E-state index contributed by atoms with van der Waals surface area (Å²) in [5.41, 5.74) is 3.04. The number of nitrogens with one attached hydrogen (secondary N) is 1. The van der Waals surface area contributed by atoms with Crippen molar-refractivity contribution in [2.75, 3.05) is 44.0 Å². The van der Waals surface area contributed by atoms with E-state index in [0.29, 0.717) is 13.1 Å². The lowest BCUT2D eigenvalue weighted by atomic mass is 10.1. The number of anilines is 1. The van der Waals surface area contributed by atoms with Crippen molar-refractivity contribution in [1.82, 2.24) is 19.8 Å². The number of hydrogen-bond donors (Lipinski definition) is 3. The Hall–Kier alpha value is -2.31. The van der Waals surface area contributed by atoms with Crippen LogP contribution in [-0.2, 0) is 4.79 Å². The van der Waals surface area contributed by atoms with Gasteiger partial charge in [-0.25, -0.2) is 9.97 Å². The highest BCUT2D eigenvalue weighted by molar-refractivity contribution is 8.02. The number of thiazole rings is 1. The van der Waals surface area contributed by atoms with Gasteiger partial charge in [-0.15, -0.1) is 23.1 Å². The first-order chi connectivity index (χ1) is 17.8. The van der Waals surface area contributed by atoms with Gasteiger partial charge in [0, 0.05) is 38.4 Å². The molecular weight excluding hydrogens is 508 g/mol. The van der Waals surface area contributed by atoms with Crippen molar-refractivity contribution >= 4 is 47.7 Å². The van der Waals surface area contributed by atoms with Gasteiger partial charge in [-0.1, -0.05) is 19.4 Å². The molecule has 1 amide bonds. The van der Waals surface area contributed by atoms with Crippen LogP contribution in [0.25, 0.3) is 5.70 Å². The van der Waals surface area contributed by atoms with E-state index in [1.807, 2.05) is 49.4 Å². The van der Waals surface area contributed by atoms with Crippen molar-refractivity contribution in [3.63, 3.8) is 0 Å². The number of aliphatic imine (C=N–C) groups is 1. The largest absolute Gasteiger partial charge is 0.394 e. The number of rotatable bonds is 12. The zero-order valence-electron chi connectivity index (χ0n) is 22.3. The van der Waals surface area contributed by atoms with Crippen molar-refractivity contribution in [2.45, 2.75) is 52.7 Å². The molecule has 0 spiro atoms. The lowest BCUT2D eigenvalue weighted by Gasteiger charge is -2.40. The van der Waals surface area contributed by atoms with E-state index < -0.39 is 6.10 Å². The molecule has 2 aromatic rings. The predicted octanol–water partition coefficient (Wildman–Crippen LogP) is 3.55. The molecule has 0 saturated carbocycles. The van der Waals surface area contributed by atoms with E-state index in [2.05, 4.69) is 38.8 Å². The number of aryl methyl sites for hydroxylation is 3. The maximum Gasteiger partial charge on any atom is 0.210 e. The van der Waals surface area contributed by atoms with Gasteiger partial charge < -0.3 is 20.4 Å². The number of carbonyl (C=O) groups excluding carboxylic acids is 1. The fourth-order valence-electron chi connectivity index (χ4n) is 3.92. The highest BCUT2D eigenvalue weighted by Gasteiger charge is 2.26. The molecule has 1 saturated heterocycles. The molecule has 0 aliphatic carbocycles. The summed E-state index contributed by atoms with van der Waals surface area (Å²) in [4.78, 5) is 28.7. The van der Waals surface area contributed by atoms with Gasteiger partial charge in [0.2, 0.25) is 6.41 Å². The minimum absolute atomic E-state index is 0.202. The fourth-order valence-corrected chi connectivity index (χ4v) is 5.56. The van der Waals surface area contributed by atoms with Crippen molar-refractivity contribution in [3.05, 3.63) is 44.9 Å². The van der Waals surface area contributed by atoms with Gasteiger partial charge in [-0.3, -0.25) is 14.7 Å². The summed E-state index contributed by atoms with van der Waals surface area (Å²) in [6.07, 6.45) is 4.13. The standard InChI is InChI=1S/C15H18N4S2.C11H22N2O3/c1-10-5-6-14(17-7-10)18-9-20-8-13(16-4)15-11(2)19-12(3)21-15;1-2-3-10-6-12(7-11(16)8-14)4-5-13(10)9-15/h5-8H,4,9H2,1-3H3,(H,17,18);9-11,14,16H,2-8H2,1H3/b13-8-;/t;10-,11?/m.0/s1. The van der Waals surface area contributed by atoms with Crippen LogP contribution in [0.4, 0.5) is 5.82 Å². The van der Waals surface area contributed by atoms with Crippen LogP contribution in [0.2, 0.25) is 0 Å². The summed E-state index contributed by atoms with van der Waals surface area (Å²) >= 11 is 3.27. The van der Waals surface area contributed by atoms with E-state index >= 15 is 0 Å². The van der Waals surface area contributed by atoms with Crippen molar-refractivity contribution in [2.24, 2.45) is 4.99 Å². The molecule has 9 nitrogen and oxygen atoms in total. The lowest BCUT2D eigenvalue weighted by Crippen LogP contribution is -2.54. The molecule has 1 aliphatic rings. The Morgan fingerprint density at radius 1 is 1.38 bits per heavy atom. The lowest BCUT2D eigenvalue weighted by molar-refractivity contribution is -0.123. The Bertz CT molecular complexity index is 999. The van der Waals surface area contributed by atoms with Gasteiger partial charge in [-0.05, 0) is 50.9 Å². The molecule has 3 N–H and O–H groups in total. The summed E-state index contributed by atoms with van der Waals surface area (Å²) in [6.45, 7) is 14.3. The third-order valence-electron chi connectivity index (χ3n) is 5.80. The fraction of sp³-hybridized carbons (Fsp3) is 0.538. The highest BCUT2D eigenvalue weighted by Crippen LogP contribution is 2.28. The predicted molar refractivity (Wildman–Crippen MR) is 155 cm³/mol. The molecule has 0 bridgehead atoms. The molecule has 1 unspecified atom stereocenters. The summed E-state index contributed by atoms with van der Waals surface area (Å²) in [7, 11) is 0. The zero-order chi connectivity index (χ0) is 27.2. The molecule has 3 heterocycles. The molecule has 2 aromatic heterocycles. The number of piperazine rings is 1. The van der Waals surface area contributed by atoms with E-state index in [-0.39, 0.29) is 12.6 Å². The molecule has 0 aromatic carbocycles. The van der Waals surface area contributed by atoms with Crippen LogP contribution >= 0.6 is 23.1 Å². The Balaban J connectivity index is 0.000000271. The van der Waals surface area contributed by atoms with Crippen molar-refractivity contribution in [3.8, 4) is 0 Å². The molecular formula is C26H40N6O3S2. The Morgan fingerprint density at radius 3 is 2.73 bits per heavy atom. The van der Waals surface area contributed by atoms with Crippen LogP contribution in [0, 0.1) is 20.8 Å². The summed E-state index contributed by atoms with van der Waals surface area (Å²) in [6, 6.07) is 4.26. The van der Waals surface area contributed by atoms with Gasteiger partial charge in [0.15, 0.2) is 0 Å². The quantitative estimate of drug-likeness (QED) is 0.160. The Kier molecular flexibility index (Phi) is 13.8. The van der Waals surface area contributed by atoms with Gasteiger partial charge >= 0.3 is 0 Å². The van der Waals surface area contributed by atoms with Crippen LogP contribution in [0.5, 0.6) is 0 Å². The number of pyridine rings is 1. The van der Waals surface area contributed by atoms with Crippen molar-refractivity contribution in [1.29, 1.82) is 0 Å². The topological polar surface area (TPSA) is 114 Å². The maximum absolute atomic E-state index is 10.8. The average Bonchev–Trinajstić information content (AvgIpc) is 3.23. The number of carbonyl (C=O) groups is 1. The first-order valence-electron chi connectivity index (χ1n) is 12.4. The summed E-state index contributed by atoms with van der Waals surface area (Å²) in [5.74, 6) is 1.60. The number of nitrogens with zero attached hydrogens (tertiary/aromatic N) is 5. The maximum atomic E-state index is 10.8. The molecule has 1 fully saturated rings. The Labute approximate surface area is 228 Å². The van der Waals surface area contributed by atoms with Gasteiger partial charge in [-0.2, -0.15) is 0 Å². The van der Waals surface area contributed by atoms with Crippen LogP contribution in [0.1, 0.15) is 40.9 Å². The molecule has 1 aliphatic heterocycles. The van der Waals surface area contributed by atoms with E-state index in [1.165, 1.54) is 0 Å². The molecule has 37 heavy (non-hydrogen) atoms. The molecule has 0 radical (unpaired) electrons. The van der Waals surface area contributed by atoms with Crippen LogP contribution < -0.4 is 5.32 Å². The molecule has 2 atom stereocenters. The summed E-state index contributed by atoms with van der Waals surface area (Å²) in [5, 5.41) is 24.5. The monoisotopic (exact) mass is 548 g/mol. The molecule has 3 rings (SSSR count). The number of aromatic nitrogens is 2. The minimum atomic E-state index is -0.676. The van der Waals surface area contributed by atoms with E-state index in [0.717, 1.165) is 70.9 Å². The zero-order valence-corrected chi connectivity index (χ0v) is 23.9. The number of aliphatic hydroxyl groups excluding tert-OH is 2. The normalized spacial score (nSPS) is 17.1. The first-order valence-corrected chi connectivity index (χ1v) is 14.3. The number of hydrogen-bond acceptors (Lipinski definition) is 10. The van der Waals surface area contributed by atoms with Gasteiger partial charge in [0.1, 0.15) is 5.82 Å². The average molecular weight is 549 g/mol. The second kappa shape index (κ2) is 16.5. The smallest absolute Gasteiger partial charge is 0.210 e.